The maximum atomic E-state index is 13.8. The van der Waals surface area contributed by atoms with Crippen LogP contribution in [0.2, 0.25) is 5.02 Å². The van der Waals surface area contributed by atoms with Gasteiger partial charge in [-0.25, -0.2) is 4.39 Å². The highest BCUT2D eigenvalue weighted by molar-refractivity contribution is 9.10. The normalized spacial score (nSPS) is 10.8. The van der Waals surface area contributed by atoms with Crippen LogP contribution in [-0.4, -0.2) is 10.1 Å². The van der Waals surface area contributed by atoms with Gasteiger partial charge in [-0.15, -0.1) is 0 Å². The Bertz CT molecular complexity index is 822. The SMILES string of the molecule is Nc1ccc(F)c(-c2nc(-c3ccc(Cl)c(Br)c3)no2)c1. The van der Waals surface area contributed by atoms with Crippen molar-refractivity contribution in [2.75, 3.05) is 5.73 Å². The molecule has 1 aromatic heterocycles. The van der Waals surface area contributed by atoms with Crippen molar-refractivity contribution in [1.82, 2.24) is 10.1 Å². The molecule has 0 aliphatic rings. The fourth-order valence-electron chi connectivity index (χ4n) is 1.79. The molecule has 0 amide bonds. The van der Waals surface area contributed by atoms with Crippen LogP contribution in [0.25, 0.3) is 22.8 Å². The predicted molar refractivity (Wildman–Crippen MR) is 82.3 cm³/mol. The highest BCUT2D eigenvalue weighted by atomic mass is 79.9. The molecule has 7 heteroatoms. The number of nitrogen functional groups attached to an aromatic ring is 1. The molecule has 2 aromatic carbocycles. The van der Waals surface area contributed by atoms with Gasteiger partial charge in [-0.1, -0.05) is 16.8 Å². The third-order valence-electron chi connectivity index (χ3n) is 2.82. The van der Waals surface area contributed by atoms with E-state index in [1.165, 1.54) is 18.2 Å². The lowest BCUT2D eigenvalue weighted by Gasteiger charge is -1.99. The summed E-state index contributed by atoms with van der Waals surface area (Å²) in [5.74, 6) is -0.0678. The largest absolute Gasteiger partial charge is 0.399 e. The lowest BCUT2D eigenvalue weighted by molar-refractivity contribution is 0.429. The molecule has 0 saturated carbocycles. The number of nitrogens with two attached hydrogens (primary N) is 1. The van der Waals surface area contributed by atoms with E-state index in [2.05, 4.69) is 26.1 Å². The van der Waals surface area contributed by atoms with Crippen molar-refractivity contribution in [3.63, 3.8) is 0 Å². The Labute approximate surface area is 132 Å². The van der Waals surface area contributed by atoms with Crippen LogP contribution in [0.15, 0.2) is 45.4 Å². The summed E-state index contributed by atoms with van der Waals surface area (Å²) in [6.45, 7) is 0. The molecular weight excluding hydrogens is 361 g/mol. The van der Waals surface area contributed by atoms with E-state index in [1.54, 1.807) is 18.2 Å². The van der Waals surface area contributed by atoms with Gasteiger partial charge in [0.05, 0.1) is 10.6 Å². The van der Waals surface area contributed by atoms with Gasteiger partial charge in [0.25, 0.3) is 5.89 Å². The first kappa shape index (κ1) is 14.0. The molecule has 2 N–H and O–H groups in total. The van der Waals surface area contributed by atoms with Crippen LogP contribution in [0.5, 0.6) is 0 Å². The van der Waals surface area contributed by atoms with Crippen molar-refractivity contribution in [1.29, 1.82) is 0 Å². The van der Waals surface area contributed by atoms with Gasteiger partial charge in [-0.05, 0) is 52.3 Å². The Morgan fingerprint density at radius 1 is 1.19 bits per heavy atom. The van der Waals surface area contributed by atoms with E-state index in [1.807, 2.05) is 0 Å². The van der Waals surface area contributed by atoms with Crippen LogP contribution in [0.4, 0.5) is 10.1 Å². The average Bonchev–Trinajstić information content (AvgIpc) is 2.94. The first-order chi connectivity index (χ1) is 10.0. The standard InChI is InChI=1S/C14H8BrClFN3O/c15-10-5-7(1-3-11(10)16)13-19-14(21-20-13)9-6-8(18)2-4-12(9)17/h1-6H,18H2. The Kier molecular flexibility index (Phi) is 3.65. The maximum Gasteiger partial charge on any atom is 0.261 e. The topological polar surface area (TPSA) is 64.9 Å². The minimum atomic E-state index is -0.475. The lowest BCUT2D eigenvalue weighted by Crippen LogP contribution is -1.89. The van der Waals surface area contributed by atoms with E-state index >= 15 is 0 Å². The van der Waals surface area contributed by atoms with Crippen LogP contribution >= 0.6 is 27.5 Å². The molecule has 3 aromatic rings. The zero-order valence-electron chi connectivity index (χ0n) is 10.5. The van der Waals surface area contributed by atoms with Gasteiger partial charge in [-0.2, -0.15) is 4.98 Å². The molecule has 0 unspecified atom stereocenters. The van der Waals surface area contributed by atoms with Gasteiger partial charge in [0.1, 0.15) is 5.82 Å². The molecule has 3 rings (SSSR count). The van der Waals surface area contributed by atoms with Crippen molar-refractivity contribution < 1.29 is 8.91 Å². The van der Waals surface area contributed by atoms with Gasteiger partial charge >= 0.3 is 0 Å². The van der Waals surface area contributed by atoms with E-state index in [0.717, 1.165) is 0 Å². The number of hydrogen-bond acceptors (Lipinski definition) is 4. The van der Waals surface area contributed by atoms with Gasteiger partial charge in [0, 0.05) is 15.7 Å². The Hall–Kier alpha value is -1.92. The molecule has 1 heterocycles. The summed E-state index contributed by atoms with van der Waals surface area (Å²) in [7, 11) is 0. The highest BCUT2D eigenvalue weighted by Crippen LogP contribution is 2.29. The number of benzene rings is 2. The van der Waals surface area contributed by atoms with Crippen LogP contribution < -0.4 is 5.73 Å². The molecule has 0 spiro atoms. The van der Waals surface area contributed by atoms with Crippen LogP contribution in [0.3, 0.4) is 0 Å². The van der Waals surface area contributed by atoms with Crippen molar-refractivity contribution >= 4 is 33.2 Å². The second kappa shape index (κ2) is 5.46. The molecule has 0 saturated heterocycles. The van der Waals surface area contributed by atoms with Gasteiger partial charge < -0.3 is 10.3 Å². The molecule has 4 nitrogen and oxygen atoms in total. The molecule has 106 valence electrons. The number of halogens is 3. The van der Waals surface area contributed by atoms with E-state index in [4.69, 9.17) is 21.9 Å². The minimum absolute atomic E-state index is 0.0703. The summed E-state index contributed by atoms with van der Waals surface area (Å²) in [6.07, 6.45) is 0. The molecule has 0 fully saturated rings. The second-order valence-corrected chi connectivity index (χ2v) is 5.55. The maximum absolute atomic E-state index is 13.8. The smallest absolute Gasteiger partial charge is 0.261 e. The van der Waals surface area contributed by atoms with Gasteiger partial charge in [-0.3, -0.25) is 0 Å². The summed E-state index contributed by atoms with van der Waals surface area (Å²) in [6, 6.07) is 9.38. The first-order valence-electron chi connectivity index (χ1n) is 5.89. The predicted octanol–water partition coefficient (Wildman–Crippen LogP) is 4.54. The Morgan fingerprint density at radius 3 is 2.76 bits per heavy atom. The molecular formula is C14H8BrClFN3O. The van der Waals surface area contributed by atoms with Crippen LogP contribution in [0, 0.1) is 5.82 Å². The second-order valence-electron chi connectivity index (χ2n) is 4.29. The van der Waals surface area contributed by atoms with Crippen molar-refractivity contribution in [2.24, 2.45) is 0 Å². The summed E-state index contributed by atoms with van der Waals surface area (Å²) >= 11 is 9.25. The van der Waals surface area contributed by atoms with Gasteiger partial charge in [0.15, 0.2) is 0 Å². The molecule has 0 bridgehead atoms. The van der Waals surface area contributed by atoms with Crippen molar-refractivity contribution in [2.45, 2.75) is 0 Å². The third kappa shape index (κ3) is 2.77. The van der Waals surface area contributed by atoms with E-state index in [0.29, 0.717) is 26.6 Å². The van der Waals surface area contributed by atoms with E-state index in [9.17, 15) is 4.39 Å². The molecule has 0 radical (unpaired) electrons. The number of aromatic nitrogens is 2. The number of nitrogens with zero attached hydrogens (tertiary/aromatic N) is 2. The summed E-state index contributed by atoms with van der Waals surface area (Å²) in [5, 5.41) is 4.42. The van der Waals surface area contributed by atoms with Crippen molar-refractivity contribution in [3.05, 3.63) is 51.7 Å². The number of hydrogen-bond donors (Lipinski definition) is 1. The van der Waals surface area contributed by atoms with Gasteiger partial charge in [0.2, 0.25) is 5.82 Å². The third-order valence-corrected chi connectivity index (χ3v) is 4.04. The number of rotatable bonds is 2. The zero-order valence-corrected chi connectivity index (χ0v) is 12.8. The Morgan fingerprint density at radius 2 is 2.00 bits per heavy atom. The molecule has 0 aliphatic carbocycles. The summed E-state index contributed by atoms with van der Waals surface area (Å²) < 4.78 is 19.6. The van der Waals surface area contributed by atoms with E-state index in [-0.39, 0.29) is 11.5 Å². The fourth-order valence-corrected chi connectivity index (χ4v) is 2.29. The van der Waals surface area contributed by atoms with E-state index < -0.39 is 5.82 Å². The molecule has 0 aliphatic heterocycles. The minimum Gasteiger partial charge on any atom is -0.399 e. The highest BCUT2D eigenvalue weighted by Gasteiger charge is 2.15. The van der Waals surface area contributed by atoms with Crippen LogP contribution in [-0.2, 0) is 0 Å². The summed E-state index contributed by atoms with van der Waals surface area (Å²) in [5.41, 5.74) is 6.93. The molecule has 21 heavy (non-hydrogen) atoms. The number of anilines is 1. The zero-order chi connectivity index (χ0) is 15.0. The summed E-state index contributed by atoms with van der Waals surface area (Å²) in [4.78, 5) is 4.19. The molecule has 0 atom stereocenters. The van der Waals surface area contributed by atoms with Crippen molar-refractivity contribution in [3.8, 4) is 22.8 Å². The average molecular weight is 369 g/mol. The first-order valence-corrected chi connectivity index (χ1v) is 7.06. The quantitative estimate of drug-likeness (QED) is 0.674. The van der Waals surface area contributed by atoms with Crippen LogP contribution in [0.1, 0.15) is 0 Å². The monoisotopic (exact) mass is 367 g/mol. The fraction of sp³-hybridized carbons (Fsp3) is 0. The lowest BCUT2D eigenvalue weighted by atomic mass is 10.2. The Balaban J connectivity index is 2.03.